The molecule has 0 atom stereocenters. The Morgan fingerprint density at radius 3 is 2.33 bits per heavy atom. The summed E-state index contributed by atoms with van der Waals surface area (Å²) in [7, 11) is 0. The van der Waals surface area contributed by atoms with Crippen LogP contribution in [0.2, 0.25) is 0 Å². The van der Waals surface area contributed by atoms with Crippen LogP contribution in [0.15, 0.2) is 60.7 Å². The van der Waals surface area contributed by atoms with Gasteiger partial charge in [0.25, 0.3) is 0 Å². The summed E-state index contributed by atoms with van der Waals surface area (Å²) < 4.78 is 0. The van der Waals surface area contributed by atoms with E-state index in [1.54, 1.807) is 4.80 Å². The number of rotatable bonds is 6. The molecule has 0 aliphatic rings. The largest absolute Gasteiger partial charge is 0.307 e. The molecule has 1 aromatic heterocycles. The number of carbonyl (C=O) groups excluding carboxylic acids is 1. The SMILES string of the molecule is CCCCC(=O)Nc1nn(-c2ccccc2)nc1-c1ccccc1. The van der Waals surface area contributed by atoms with Crippen molar-refractivity contribution in [1.29, 1.82) is 0 Å². The van der Waals surface area contributed by atoms with Gasteiger partial charge in [-0.25, -0.2) is 0 Å². The highest BCUT2D eigenvalue weighted by Crippen LogP contribution is 2.25. The highest BCUT2D eigenvalue weighted by Gasteiger charge is 2.16. The first kappa shape index (κ1) is 15.9. The van der Waals surface area contributed by atoms with Gasteiger partial charge >= 0.3 is 0 Å². The quantitative estimate of drug-likeness (QED) is 0.745. The summed E-state index contributed by atoms with van der Waals surface area (Å²) in [5.74, 6) is 0.459. The third-order valence-corrected chi connectivity index (χ3v) is 3.66. The molecule has 0 saturated heterocycles. The number of nitrogens with one attached hydrogen (secondary N) is 1. The van der Waals surface area contributed by atoms with Gasteiger partial charge in [-0.2, -0.15) is 0 Å². The molecule has 24 heavy (non-hydrogen) atoms. The van der Waals surface area contributed by atoms with Crippen molar-refractivity contribution in [3.8, 4) is 16.9 Å². The molecule has 122 valence electrons. The molecule has 2 aromatic carbocycles. The van der Waals surface area contributed by atoms with E-state index in [1.165, 1.54) is 0 Å². The summed E-state index contributed by atoms with van der Waals surface area (Å²) in [5.41, 5.74) is 2.44. The number of carbonyl (C=O) groups is 1. The van der Waals surface area contributed by atoms with Crippen LogP contribution in [0, 0.1) is 0 Å². The third kappa shape index (κ3) is 3.68. The normalized spacial score (nSPS) is 10.5. The van der Waals surface area contributed by atoms with Crippen LogP contribution in [0.25, 0.3) is 16.9 Å². The number of amides is 1. The van der Waals surface area contributed by atoms with E-state index in [9.17, 15) is 4.79 Å². The zero-order valence-electron chi connectivity index (χ0n) is 13.6. The molecule has 0 fully saturated rings. The molecule has 0 bridgehead atoms. The molecule has 5 heteroatoms. The maximum Gasteiger partial charge on any atom is 0.225 e. The van der Waals surface area contributed by atoms with Crippen molar-refractivity contribution in [2.24, 2.45) is 0 Å². The molecule has 1 heterocycles. The second-order valence-corrected chi connectivity index (χ2v) is 5.54. The molecular formula is C19H20N4O. The number of unbranched alkanes of at least 4 members (excludes halogenated alkanes) is 1. The lowest BCUT2D eigenvalue weighted by molar-refractivity contribution is -0.116. The molecule has 1 amide bonds. The smallest absolute Gasteiger partial charge is 0.225 e. The fourth-order valence-corrected chi connectivity index (χ4v) is 2.39. The first-order valence-corrected chi connectivity index (χ1v) is 8.16. The van der Waals surface area contributed by atoms with Crippen LogP contribution < -0.4 is 5.32 Å². The van der Waals surface area contributed by atoms with Crippen LogP contribution in [0.5, 0.6) is 0 Å². The summed E-state index contributed by atoms with van der Waals surface area (Å²) in [6.07, 6.45) is 2.33. The molecule has 0 radical (unpaired) electrons. The highest BCUT2D eigenvalue weighted by atomic mass is 16.1. The van der Waals surface area contributed by atoms with Crippen LogP contribution in [0.4, 0.5) is 5.82 Å². The molecule has 0 spiro atoms. The molecule has 0 aliphatic carbocycles. The molecular weight excluding hydrogens is 300 g/mol. The van der Waals surface area contributed by atoms with E-state index in [0.29, 0.717) is 17.9 Å². The topological polar surface area (TPSA) is 59.8 Å². The number of nitrogens with zero attached hydrogens (tertiary/aromatic N) is 3. The van der Waals surface area contributed by atoms with Crippen molar-refractivity contribution >= 4 is 11.7 Å². The van der Waals surface area contributed by atoms with E-state index >= 15 is 0 Å². The minimum atomic E-state index is -0.0332. The Balaban J connectivity index is 1.96. The van der Waals surface area contributed by atoms with Crippen molar-refractivity contribution in [3.63, 3.8) is 0 Å². The summed E-state index contributed by atoms with van der Waals surface area (Å²) in [5, 5.41) is 12.0. The zero-order valence-corrected chi connectivity index (χ0v) is 13.6. The van der Waals surface area contributed by atoms with Gasteiger partial charge in [0.2, 0.25) is 5.91 Å². The summed E-state index contributed by atoms with van der Waals surface area (Å²) >= 11 is 0. The van der Waals surface area contributed by atoms with Gasteiger partial charge in [0, 0.05) is 12.0 Å². The standard InChI is InChI=1S/C19H20N4O/c1-2-3-14-17(24)20-19-18(15-10-6-4-7-11-15)21-23(22-19)16-12-8-5-9-13-16/h4-13H,2-3,14H2,1H3,(H,20,22,24). The fourth-order valence-electron chi connectivity index (χ4n) is 2.39. The van der Waals surface area contributed by atoms with Crippen LogP contribution in [0.3, 0.4) is 0 Å². The van der Waals surface area contributed by atoms with Crippen LogP contribution in [-0.4, -0.2) is 20.9 Å². The molecule has 0 unspecified atom stereocenters. The van der Waals surface area contributed by atoms with E-state index in [1.807, 2.05) is 60.7 Å². The monoisotopic (exact) mass is 320 g/mol. The second-order valence-electron chi connectivity index (χ2n) is 5.54. The summed E-state index contributed by atoms with van der Waals surface area (Å²) in [6, 6.07) is 19.4. The Kier molecular flexibility index (Phi) is 5.01. The molecule has 3 aromatic rings. The lowest BCUT2D eigenvalue weighted by Crippen LogP contribution is -2.12. The second kappa shape index (κ2) is 7.55. The Morgan fingerprint density at radius 2 is 1.67 bits per heavy atom. The van der Waals surface area contributed by atoms with Gasteiger partial charge < -0.3 is 5.32 Å². The van der Waals surface area contributed by atoms with Crippen molar-refractivity contribution < 1.29 is 4.79 Å². The van der Waals surface area contributed by atoms with E-state index in [-0.39, 0.29) is 5.91 Å². The van der Waals surface area contributed by atoms with E-state index in [0.717, 1.165) is 24.1 Å². The summed E-state index contributed by atoms with van der Waals surface area (Å²) in [6.45, 7) is 2.06. The van der Waals surface area contributed by atoms with Gasteiger partial charge in [-0.1, -0.05) is 61.9 Å². The van der Waals surface area contributed by atoms with Gasteiger partial charge in [0.1, 0.15) is 5.69 Å². The van der Waals surface area contributed by atoms with Crippen LogP contribution >= 0.6 is 0 Å². The maximum atomic E-state index is 12.1. The Morgan fingerprint density at radius 1 is 1.00 bits per heavy atom. The molecule has 0 saturated carbocycles. The number of hydrogen-bond acceptors (Lipinski definition) is 3. The highest BCUT2D eigenvalue weighted by molar-refractivity contribution is 5.93. The Hall–Kier alpha value is -2.95. The minimum absolute atomic E-state index is 0.0332. The van der Waals surface area contributed by atoms with Gasteiger partial charge in [-0.3, -0.25) is 4.79 Å². The molecule has 1 N–H and O–H groups in total. The van der Waals surface area contributed by atoms with E-state index in [4.69, 9.17) is 0 Å². The zero-order chi connectivity index (χ0) is 16.8. The average molecular weight is 320 g/mol. The molecule has 3 rings (SSSR count). The summed E-state index contributed by atoms with van der Waals surface area (Å²) in [4.78, 5) is 13.7. The van der Waals surface area contributed by atoms with Crippen molar-refractivity contribution in [1.82, 2.24) is 15.0 Å². The van der Waals surface area contributed by atoms with Gasteiger partial charge in [-0.05, 0) is 18.6 Å². The number of anilines is 1. The maximum absolute atomic E-state index is 12.1. The number of benzene rings is 2. The number of aromatic nitrogens is 3. The average Bonchev–Trinajstić information content (AvgIpc) is 3.05. The van der Waals surface area contributed by atoms with E-state index in [2.05, 4.69) is 22.4 Å². The van der Waals surface area contributed by atoms with Gasteiger partial charge in [0.05, 0.1) is 5.69 Å². The number of hydrogen-bond donors (Lipinski definition) is 1. The lowest BCUT2D eigenvalue weighted by Gasteiger charge is -2.03. The first-order valence-electron chi connectivity index (χ1n) is 8.16. The van der Waals surface area contributed by atoms with Crippen molar-refractivity contribution in [2.45, 2.75) is 26.2 Å². The van der Waals surface area contributed by atoms with Crippen LogP contribution in [-0.2, 0) is 4.79 Å². The fraction of sp³-hybridized carbons (Fsp3) is 0.211. The van der Waals surface area contributed by atoms with E-state index < -0.39 is 0 Å². The minimum Gasteiger partial charge on any atom is -0.307 e. The van der Waals surface area contributed by atoms with Gasteiger partial charge in [0.15, 0.2) is 5.82 Å². The van der Waals surface area contributed by atoms with Crippen molar-refractivity contribution in [2.75, 3.05) is 5.32 Å². The third-order valence-electron chi connectivity index (χ3n) is 3.66. The Labute approximate surface area is 141 Å². The van der Waals surface area contributed by atoms with Gasteiger partial charge in [-0.15, -0.1) is 15.0 Å². The lowest BCUT2D eigenvalue weighted by atomic mass is 10.1. The first-order chi connectivity index (χ1) is 11.8. The molecule has 5 nitrogen and oxygen atoms in total. The Bertz CT molecular complexity index is 797. The predicted molar refractivity (Wildman–Crippen MR) is 94.9 cm³/mol. The number of para-hydroxylation sites is 1. The van der Waals surface area contributed by atoms with Crippen LogP contribution in [0.1, 0.15) is 26.2 Å². The predicted octanol–water partition coefficient (Wildman–Crippen LogP) is 4.06. The van der Waals surface area contributed by atoms with Crippen molar-refractivity contribution in [3.05, 3.63) is 60.7 Å². The molecule has 0 aliphatic heterocycles.